The number of carbonyl (C=O) groups excluding carboxylic acids is 1. The van der Waals surface area contributed by atoms with Crippen molar-refractivity contribution in [2.45, 2.75) is 23.3 Å². The van der Waals surface area contributed by atoms with Gasteiger partial charge in [0.15, 0.2) is 4.34 Å². The van der Waals surface area contributed by atoms with E-state index in [1.54, 1.807) is 23.6 Å². The van der Waals surface area contributed by atoms with Crippen molar-refractivity contribution in [2.75, 3.05) is 18.8 Å². The van der Waals surface area contributed by atoms with Crippen LogP contribution in [0.25, 0.3) is 10.2 Å². The van der Waals surface area contributed by atoms with Gasteiger partial charge in [0.1, 0.15) is 12.4 Å². The number of carbonyl (C=O) groups is 1. The second-order valence-electron chi connectivity index (χ2n) is 6.01. The van der Waals surface area contributed by atoms with E-state index >= 15 is 0 Å². The van der Waals surface area contributed by atoms with Crippen LogP contribution in [0.4, 0.5) is 0 Å². The zero-order chi connectivity index (χ0) is 17.8. The van der Waals surface area contributed by atoms with Crippen LogP contribution in [0.1, 0.15) is 12.8 Å². The highest BCUT2D eigenvalue weighted by Crippen LogP contribution is 2.29. The smallest absolute Gasteiger partial charge is 0.233 e. The molecule has 6 nitrogen and oxygen atoms in total. The Morgan fingerprint density at radius 2 is 2.27 bits per heavy atom. The zero-order valence-corrected chi connectivity index (χ0v) is 15.7. The van der Waals surface area contributed by atoms with Gasteiger partial charge in [0.25, 0.3) is 0 Å². The molecule has 3 heterocycles. The van der Waals surface area contributed by atoms with Crippen LogP contribution in [0.5, 0.6) is 5.88 Å². The Balaban J connectivity index is 1.32. The molecule has 0 bridgehead atoms. The number of ether oxygens (including phenoxy) is 1. The number of hydrogen-bond donors (Lipinski definition) is 0. The Morgan fingerprint density at radius 1 is 1.35 bits per heavy atom. The fourth-order valence-corrected chi connectivity index (χ4v) is 4.88. The lowest BCUT2D eigenvalue weighted by Crippen LogP contribution is -2.45. The lowest BCUT2D eigenvalue weighted by molar-refractivity contribution is -0.130. The summed E-state index contributed by atoms with van der Waals surface area (Å²) in [6.07, 6.45) is 4.97. The van der Waals surface area contributed by atoms with E-state index in [4.69, 9.17) is 4.74 Å². The molecule has 1 aliphatic heterocycles. The summed E-state index contributed by atoms with van der Waals surface area (Å²) in [5.41, 5.74) is 0.990. The standard InChI is InChI=1S/C18H18N4O2S2/c23-17(11-25-18-21-14-5-1-2-6-15(14)26-18)22-9-3-4-13(10-22)24-16-7-8-19-12-20-16/h1-2,5-8,12-13H,3-4,9-11H2. The average molecular weight is 387 g/mol. The van der Waals surface area contributed by atoms with Gasteiger partial charge < -0.3 is 9.64 Å². The molecule has 0 N–H and O–H groups in total. The second kappa shape index (κ2) is 8.01. The highest BCUT2D eigenvalue weighted by atomic mass is 32.2. The van der Waals surface area contributed by atoms with E-state index in [1.165, 1.54) is 18.1 Å². The van der Waals surface area contributed by atoms with Crippen molar-refractivity contribution in [1.29, 1.82) is 0 Å². The number of thioether (sulfide) groups is 1. The SMILES string of the molecule is O=C(CSc1nc2ccccc2s1)N1CCCC(Oc2ccncn2)C1. The maximum absolute atomic E-state index is 12.6. The maximum Gasteiger partial charge on any atom is 0.233 e. The molecule has 3 aromatic rings. The van der Waals surface area contributed by atoms with E-state index in [2.05, 4.69) is 21.0 Å². The van der Waals surface area contributed by atoms with Crippen LogP contribution >= 0.6 is 23.1 Å². The Labute approximate surface area is 159 Å². The van der Waals surface area contributed by atoms with Crippen molar-refractivity contribution in [3.8, 4) is 5.88 Å². The van der Waals surface area contributed by atoms with Gasteiger partial charge in [0.05, 0.1) is 22.5 Å². The number of rotatable bonds is 5. The zero-order valence-electron chi connectivity index (χ0n) is 14.1. The largest absolute Gasteiger partial charge is 0.472 e. The molecule has 1 fully saturated rings. The minimum atomic E-state index is -0.0185. The van der Waals surface area contributed by atoms with E-state index in [0.717, 1.165) is 33.9 Å². The maximum atomic E-state index is 12.6. The summed E-state index contributed by atoms with van der Waals surface area (Å²) < 4.78 is 7.96. The Morgan fingerprint density at radius 3 is 3.12 bits per heavy atom. The average Bonchev–Trinajstić information content (AvgIpc) is 3.10. The van der Waals surface area contributed by atoms with Crippen molar-refractivity contribution in [1.82, 2.24) is 19.9 Å². The van der Waals surface area contributed by atoms with Crippen molar-refractivity contribution >= 4 is 39.2 Å². The Hall–Kier alpha value is -2.19. The van der Waals surface area contributed by atoms with Gasteiger partial charge in [0, 0.05) is 18.8 Å². The number of aromatic nitrogens is 3. The third-order valence-corrected chi connectivity index (χ3v) is 6.33. The molecule has 0 spiro atoms. The fraction of sp³-hybridized carbons (Fsp3) is 0.333. The molecular weight excluding hydrogens is 368 g/mol. The molecule has 0 saturated carbocycles. The first-order valence-corrected chi connectivity index (χ1v) is 10.3. The first kappa shape index (κ1) is 17.2. The minimum absolute atomic E-state index is 0.0185. The van der Waals surface area contributed by atoms with E-state index < -0.39 is 0 Å². The second-order valence-corrected chi connectivity index (χ2v) is 8.26. The first-order valence-electron chi connectivity index (χ1n) is 8.47. The molecule has 134 valence electrons. The van der Waals surface area contributed by atoms with Gasteiger partial charge in [0.2, 0.25) is 11.8 Å². The molecule has 8 heteroatoms. The van der Waals surface area contributed by atoms with E-state index in [0.29, 0.717) is 18.2 Å². The summed E-state index contributed by atoms with van der Waals surface area (Å²) in [7, 11) is 0. The van der Waals surface area contributed by atoms with E-state index in [9.17, 15) is 4.79 Å². The monoisotopic (exact) mass is 386 g/mol. The molecule has 26 heavy (non-hydrogen) atoms. The molecule has 1 aliphatic rings. The summed E-state index contributed by atoms with van der Waals surface area (Å²) in [6.45, 7) is 1.38. The molecule has 1 unspecified atom stereocenters. The van der Waals surface area contributed by atoms with Crippen molar-refractivity contribution < 1.29 is 9.53 Å². The van der Waals surface area contributed by atoms with E-state index in [-0.39, 0.29) is 12.0 Å². The molecule has 0 aliphatic carbocycles. The van der Waals surface area contributed by atoms with Gasteiger partial charge in [-0.3, -0.25) is 4.79 Å². The summed E-state index contributed by atoms with van der Waals surface area (Å²) >= 11 is 3.14. The molecule has 2 aromatic heterocycles. The highest BCUT2D eigenvalue weighted by Gasteiger charge is 2.25. The molecule has 1 atom stereocenters. The van der Waals surface area contributed by atoms with Gasteiger partial charge in [-0.25, -0.2) is 15.0 Å². The third-order valence-electron chi connectivity index (χ3n) is 4.17. The van der Waals surface area contributed by atoms with Crippen molar-refractivity contribution in [3.05, 3.63) is 42.9 Å². The Bertz CT molecular complexity index is 854. The van der Waals surface area contributed by atoms with Crippen molar-refractivity contribution in [2.24, 2.45) is 0 Å². The predicted octanol–water partition coefficient (Wildman–Crippen LogP) is 3.25. The number of amides is 1. The van der Waals surface area contributed by atoms with E-state index in [1.807, 2.05) is 23.1 Å². The lowest BCUT2D eigenvalue weighted by Gasteiger charge is -2.32. The van der Waals surface area contributed by atoms with Crippen LogP contribution in [0.2, 0.25) is 0 Å². The number of likely N-dealkylation sites (tertiary alicyclic amines) is 1. The summed E-state index contributed by atoms with van der Waals surface area (Å²) in [4.78, 5) is 27.0. The number of nitrogens with zero attached hydrogens (tertiary/aromatic N) is 4. The van der Waals surface area contributed by atoms with Crippen LogP contribution in [0.3, 0.4) is 0 Å². The molecular formula is C18H18N4O2S2. The molecule has 1 aromatic carbocycles. The number of fused-ring (bicyclic) bond motifs is 1. The van der Waals surface area contributed by atoms with Crippen molar-refractivity contribution in [3.63, 3.8) is 0 Å². The number of thiazole rings is 1. The number of benzene rings is 1. The lowest BCUT2D eigenvalue weighted by atomic mass is 10.1. The molecule has 4 rings (SSSR count). The normalized spacial score (nSPS) is 17.4. The molecule has 1 amide bonds. The summed E-state index contributed by atoms with van der Waals surface area (Å²) in [5.74, 6) is 1.09. The topological polar surface area (TPSA) is 68.2 Å². The number of hydrogen-bond acceptors (Lipinski definition) is 7. The number of piperidine rings is 1. The van der Waals surface area contributed by atoms with Gasteiger partial charge in [-0.2, -0.15) is 0 Å². The van der Waals surface area contributed by atoms with Gasteiger partial charge >= 0.3 is 0 Å². The van der Waals surface area contributed by atoms with Crippen LogP contribution in [0, 0.1) is 0 Å². The molecule has 0 radical (unpaired) electrons. The van der Waals surface area contributed by atoms with Crippen LogP contribution < -0.4 is 4.74 Å². The van der Waals surface area contributed by atoms with Gasteiger partial charge in [-0.05, 0) is 25.0 Å². The minimum Gasteiger partial charge on any atom is -0.472 e. The first-order chi connectivity index (χ1) is 12.8. The van der Waals surface area contributed by atoms with Gasteiger partial charge in [-0.15, -0.1) is 11.3 Å². The quantitative estimate of drug-likeness (QED) is 0.627. The summed E-state index contributed by atoms with van der Waals surface area (Å²) in [6, 6.07) is 9.78. The van der Waals surface area contributed by atoms with Crippen LogP contribution in [-0.4, -0.2) is 50.7 Å². The fourth-order valence-electron chi connectivity index (χ4n) is 2.91. The third kappa shape index (κ3) is 4.13. The predicted molar refractivity (Wildman–Crippen MR) is 103 cm³/mol. The van der Waals surface area contributed by atoms with Crippen LogP contribution in [-0.2, 0) is 4.79 Å². The Kier molecular flexibility index (Phi) is 5.31. The molecule has 1 saturated heterocycles. The highest BCUT2D eigenvalue weighted by molar-refractivity contribution is 8.01. The van der Waals surface area contributed by atoms with Gasteiger partial charge in [-0.1, -0.05) is 23.9 Å². The summed E-state index contributed by atoms with van der Waals surface area (Å²) in [5, 5.41) is 0. The number of para-hydroxylation sites is 1. The van der Waals surface area contributed by atoms with Crippen LogP contribution in [0.15, 0.2) is 47.2 Å².